The van der Waals surface area contributed by atoms with Crippen LogP contribution in [-0.2, 0) is 27.9 Å². The molecule has 0 bridgehead atoms. The van der Waals surface area contributed by atoms with E-state index < -0.39 is 33.1 Å². The van der Waals surface area contributed by atoms with Gasteiger partial charge in [-0.15, -0.1) is 0 Å². The van der Waals surface area contributed by atoms with Crippen LogP contribution in [0, 0.1) is 0 Å². The van der Waals surface area contributed by atoms with Gasteiger partial charge >= 0.3 is 13.8 Å². The minimum absolute atomic E-state index is 0.00150. The van der Waals surface area contributed by atoms with E-state index in [1.54, 1.807) is 12.2 Å². The molecule has 0 aromatic carbocycles. The van der Waals surface area contributed by atoms with Crippen LogP contribution >= 0.6 is 7.82 Å². The molecule has 2 atom stereocenters. The number of phosphoric ester groups is 1. The summed E-state index contributed by atoms with van der Waals surface area (Å²) in [5.74, 6) is -0.803. The second-order valence-corrected chi connectivity index (χ2v) is 15.4. The Morgan fingerprint density at radius 1 is 0.460 bits per heavy atom. The van der Waals surface area contributed by atoms with Gasteiger partial charge in [0.2, 0.25) is 5.91 Å². The molecule has 0 saturated carbocycles. The lowest BCUT2D eigenvalue weighted by Gasteiger charge is -2.15. The summed E-state index contributed by atoms with van der Waals surface area (Å²) < 4.78 is 26.7. The number of ether oxygens (including phenoxy) is 1. The van der Waals surface area contributed by atoms with Gasteiger partial charge in [-0.2, -0.15) is 0 Å². The standard InChI is InChI=1S/C53H78NO8P/c1-3-5-7-9-11-13-15-17-19-21-23-25-27-29-31-33-35-37-39-41-43-45-52(56)54-47-48-61-63(58,59)62-50-51(55)49-60-53(57)46-44-42-40-38-36-34-32-30-28-26-24-22-20-18-16-14-12-10-8-6-4-2/h5-8,11-14,17-20,23-26,29-32,35-38,41-44,51,55H,3-4,9-10,15-16,21-22,27-28,33-34,39-40,45-50H2,1-2H3,(H,54,56)(H,58,59)/b7-5-,8-6-,13-11-,14-12-,19-17-,20-18-,25-23-,26-24-,31-29-,32-30-,37-35-,38-36-,43-41-,44-42-. The molecule has 0 spiro atoms. The van der Waals surface area contributed by atoms with E-state index in [1.165, 1.54) is 0 Å². The molecule has 0 heterocycles. The van der Waals surface area contributed by atoms with Crippen molar-refractivity contribution in [3.8, 4) is 0 Å². The van der Waals surface area contributed by atoms with Gasteiger partial charge in [0.05, 0.1) is 19.6 Å². The largest absolute Gasteiger partial charge is 0.472 e. The number of hydrogen-bond acceptors (Lipinski definition) is 7. The van der Waals surface area contributed by atoms with Crippen LogP contribution in [0.4, 0.5) is 0 Å². The van der Waals surface area contributed by atoms with Crippen molar-refractivity contribution in [1.82, 2.24) is 5.32 Å². The van der Waals surface area contributed by atoms with E-state index in [-0.39, 0.29) is 31.9 Å². The fourth-order valence-corrected chi connectivity index (χ4v) is 5.65. The van der Waals surface area contributed by atoms with E-state index in [0.717, 1.165) is 77.0 Å². The third-order valence-corrected chi connectivity index (χ3v) is 9.19. The molecule has 0 aromatic heterocycles. The van der Waals surface area contributed by atoms with Gasteiger partial charge < -0.3 is 20.1 Å². The summed E-state index contributed by atoms with van der Waals surface area (Å²) >= 11 is 0. The number of nitrogens with one attached hydrogen (secondary N) is 1. The van der Waals surface area contributed by atoms with Crippen molar-refractivity contribution in [3.63, 3.8) is 0 Å². The second-order valence-electron chi connectivity index (χ2n) is 13.9. The van der Waals surface area contributed by atoms with Crippen LogP contribution in [-0.4, -0.2) is 54.3 Å². The third kappa shape index (κ3) is 48.3. The summed E-state index contributed by atoms with van der Waals surface area (Å²) in [5, 5.41) is 12.6. The highest BCUT2D eigenvalue weighted by molar-refractivity contribution is 7.47. The van der Waals surface area contributed by atoms with Crippen LogP contribution in [0.1, 0.15) is 117 Å². The number of phosphoric acid groups is 1. The highest BCUT2D eigenvalue weighted by Gasteiger charge is 2.23. The highest BCUT2D eigenvalue weighted by atomic mass is 31.2. The first kappa shape index (κ1) is 58.4. The molecular formula is C53H78NO8P. The maximum Gasteiger partial charge on any atom is 0.472 e. The molecule has 3 N–H and O–H groups in total. The molecule has 348 valence electrons. The van der Waals surface area contributed by atoms with Gasteiger partial charge in [-0.25, -0.2) is 4.57 Å². The number of hydrogen-bond donors (Lipinski definition) is 3. The maximum absolute atomic E-state index is 12.1. The SMILES string of the molecule is CC/C=C\C/C=C\C/C=C\C/C=C\C/C=C\C/C=C\C/C=C\CC(=O)NCCOP(=O)(O)OCC(O)COC(=O)C/C=C\C/C=C\C/C=C\C/C=C\C/C=C\C/C=C\C/C=C\CC. The Bertz CT molecular complexity index is 1620. The molecule has 1 amide bonds. The number of carbonyl (C=O) groups is 2. The zero-order valence-electron chi connectivity index (χ0n) is 38.2. The molecular weight excluding hydrogens is 810 g/mol. The predicted molar refractivity (Wildman–Crippen MR) is 265 cm³/mol. The number of carbonyl (C=O) groups excluding carboxylic acids is 2. The van der Waals surface area contributed by atoms with E-state index >= 15 is 0 Å². The van der Waals surface area contributed by atoms with Crippen molar-refractivity contribution in [3.05, 3.63) is 170 Å². The molecule has 63 heavy (non-hydrogen) atoms. The van der Waals surface area contributed by atoms with E-state index in [1.807, 2.05) is 24.3 Å². The Labute approximate surface area is 380 Å². The smallest absolute Gasteiger partial charge is 0.463 e. The lowest BCUT2D eigenvalue weighted by molar-refractivity contribution is -0.146. The monoisotopic (exact) mass is 888 g/mol. The Kier molecular flexibility index (Phi) is 43.4. The molecule has 0 aliphatic heterocycles. The summed E-state index contributed by atoms with van der Waals surface area (Å²) in [7, 11) is -4.48. The van der Waals surface area contributed by atoms with Gasteiger partial charge in [-0.1, -0.05) is 184 Å². The zero-order chi connectivity index (χ0) is 46.0. The van der Waals surface area contributed by atoms with Crippen LogP contribution in [0.15, 0.2) is 170 Å². The lowest BCUT2D eigenvalue weighted by Crippen LogP contribution is -2.26. The average molecular weight is 888 g/mol. The fraction of sp³-hybridized carbons (Fsp3) is 0.434. The van der Waals surface area contributed by atoms with Crippen LogP contribution in [0.2, 0.25) is 0 Å². The quantitative estimate of drug-likeness (QED) is 0.0241. The van der Waals surface area contributed by atoms with E-state index in [4.69, 9.17) is 13.8 Å². The first-order valence-corrected chi connectivity index (χ1v) is 24.1. The molecule has 2 unspecified atom stereocenters. The van der Waals surface area contributed by atoms with Crippen molar-refractivity contribution in [1.29, 1.82) is 0 Å². The first-order valence-electron chi connectivity index (χ1n) is 22.6. The van der Waals surface area contributed by atoms with Crippen molar-refractivity contribution >= 4 is 19.7 Å². The van der Waals surface area contributed by atoms with E-state index in [9.17, 15) is 24.2 Å². The summed E-state index contributed by atoms with van der Waals surface area (Å²) in [6.07, 6.45) is 70.5. The number of aliphatic hydroxyl groups excluding tert-OH is 1. The molecule has 0 saturated heterocycles. The van der Waals surface area contributed by atoms with Gasteiger partial charge in [0, 0.05) is 13.0 Å². The van der Waals surface area contributed by atoms with Crippen LogP contribution in [0.25, 0.3) is 0 Å². The summed E-state index contributed by atoms with van der Waals surface area (Å²) in [6, 6.07) is 0. The maximum atomic E-state index is 12.1. The Hall–Kier alpha value is -4.63. The van der Waals surface area contributed by atoms with Crippen molar-refractivity contribution in [2.45, 2.75) is 123 Å². The molecule has 9 nitrogen and oxygen atoms in total. The summed E-state index contributed by atoms with van der Waals surface area (Å²) in [6.45, 7) is 3.04. The average Bonchev–Trinajstić information content (AvgIpc) is 3.27. The van der Waals surface area contributed by atoms with Crippen LogP contribution < -0.4 is 5.32 Å². The predicted octanol–water partition coefficient (Wildman–Crippen LogP) is 13.2. The van der Waals surface area contributed by atoms with E-state index in [0.29, 0.717) is 12.8 Å². The van der Waals surface area contributed by atoms with Crippen LogP contribution in [0.3, 0.4) is 0 Å². The van der Waals surface area contributed by atoms with Crippen molar-refractivity contribution in [2.75, 3.05) is 26.4 Å². The fourth-order valence-electron chi connectivity index (χ4n) is 4.89. The minimum Gasteiger partial charge on any atom is -0.463 e. The minimum atomic E-state index is -4.48. The van der Waals surface area contributed by atoms with Gasteiger partial charge in [0.25, 0.3) is 0 Å². The van der Waals surface area contributed by atoms with Gasteiger partial charge in [-0.3, -0.25) is 18.6 Å². The molecule has 0 aliphatic rings. The molecule has 0 radical (unpaired) electrons. The van der Waals surface area contributed by atoms with E-state index in [2.05, 4.69) is 153 Å². The third-order valence-electron chi connectivity index (χ3n) is 8.20. The molecule has 0 aliphatic carbocycles. The van der Waals surface area contributed by atoms with Gasteiger partial charge in [0.1, 0.15) is 12.7 Å². The summed E-state index contributed by atoms with van der Waals surface area (Å²) in [5.41, 5.74) is 0. The molecule has 0 fully saturated rings. The number of rotatable bonds is 39. The van der Waals surface area contributed by atoms with Crippen molar-refractivity contribution < 1.29 is 37.9 Å². The second kappa shape index (κ2) is 46.9. The number of esters is 1. The molecule has 0 rings (SSSR count). The Balaban J connectivity index is 3.88. The number of allylic oxidation sites excluding steroid dienone is 26. The normalized spacial score (nSPS) is 14.8. The molecule has 10 heteroatoms. The lowest BCUT2D eigenvalue weighted by atomic mass is 10.2. The van der Waals surface area contributed by atoms with Gasteiger partial charge in [-0.05, 0) is 89.9 Å². The molecule has 0 aromatic rings. The Morgan fingerprint density at radius 2 is 0.762 bits per heavy atom. The van der Waals surface area contributed by atoms with Crippen LogP contribution in [0.5, 0.6) is 0 Å². The highest BCUT2D eigenvalue weighted by Crippen LogP contribution is 2.42. The first-order chi connectivity index (χ1) is 30.8. The number of aliphatic hydroxyl groups is 1. The Morgan fingerprint density at radius 3 is 1.10 bits per heavy atom. The topological polar surface area (TPSA) is 131 Å². The van der Waals surface area contributed by atoms with Crippen molar-refractivity contribution in [2.24, 2.45) is 0 Å². The summed E-state index contributed by atoms with van der Waals surface area (Å²) in [4.78, 5) is 33.9. The number of amides is 1. The van der Waals surface area contributed by atoms with Gasteiger partial charge in [0.15, 0.2) is 0 Å². The zero-order valence-corrected chi connectivity index (χ0v) is 39.1.